The van der Waals surface area contributed by atoms with Gasteiger partial charge in [-0.15, -0.1) is 11.3 Å². The summed E-state index contributed by atoms with van der Waals surface area (Å²) in [6.45, 7) is 8.94. The molecule has 0 aliphatic carbocycles. The number of benzene rings is 2. The Morgan fingerprint density at radius 1 is 1.05 bits per heavy atom. The zero-order valence-electron chi connectivity index (χ0n) is 23.7. The number of carbonyl (C=O) groups is 2. The molecule has 4 atom stereocenters. The van der Waals surface area contributed by atoms with Gasteiger partial charge >= 0.3 is 0 Å². The van der Waals surface area contributed by atoms with Gasteiger partial charge in [0, 0.05) is 20.0 Å². The van der Waals surface area contributed by atoms with E-state index in [9.17, 15) is 23.1 Å². The third-order valence-corrected chi connectivity index (χ3v) is 9.56. The number of nitrogens with zero attached hydrogens (tertiary/aromatic N) is 2. The molecule has 0 fully saturated rings. The van der Waals surface area contributed by atoms with Crippen molar-refractivity contribution in [1.82, 2.24) is 19.9 Å². The summed E-state index contributed by atoms with van der Waals surface area (Å²) in [5.41, 5.74) is 3.27. The highest BCUT2D eigenvalue weighted by Crippen LogP contribution is 2.25. The molecular formula is C29H40N4O5S2. The maximum atomic E-state index is 13.9. The fourth-order valence-corrected chi connectivity index (χ4v) is 6.80. The molecule has 3 rings (SSSR count). The minimum atomic E-state index is -3.97. The van der Waals surface area contributed by atoms with Crippen molar-refractivity contribution in [2.24, 2.45) is 11.8 Å². The van der Waals surface area contributed by atoms with Crippen LogP contribution in [0.5, 0.6) is 0 Å². The molecule has 3 N–H and O–H groups in total. The van der Waals surface area contributed by atoms with Crippen molar-refractivity contribution in [3.63, 3.8) is 0 Å². The van der Waals surface area contributed by atoms with Crippen molar-refractivity contribution < 1.29 is 23.1 Å². The summed E-state index contributed by atoms with van der Waals surface area (Å²) in [5.74, 6) is -0.918. The van der Waals surface area contributed by atoms with E-state index in [1.165, 1.54) is 28.6 Å². The van der Waals surface area contributed by atoms with E-state index in [0.29, 0.717) is 0 Å². The van der Waals surface area contributed by atoms with Crippen LogP contribution in [0.25, 0.3) is 10.2 Å². The van der Waals surface area contributed by atoms with Crippen molar-refractivity contribution in [3.8, 4) is 0 Å². The normalized spacial score (nSPS) is 15.1. The second-order valence-electron chi connectivity index (χ2n) is 10.6. The number of carbonyl (C=O) groups excluding carboxylic acids is 2. The van der Waals surface area contributed by atoms with Crippen LogP contribution in [0.3, 0.4) is 0 Å². The first kappa shape index (κ1) is 31.7. The fraction of sp³-hybridized carbons (Fsp3) is 0.483. The summed E-state index contributed by atoms with van der Waals surface area (Å²) >= 11 is 1.36. The maximum Gasteiger partial charge on any atom is 0.243 e. The Bertz CT molecular complexity index is 1380. The van der Waals surface area contributed by atoms with Crippen LogP contribution >= 0.6 is 11.3 Å². The average molecular weight is 589 g/mol. The minimum Gasteiger partial charge on any atom is -0.390 e. The van der Waals surface area contributed by atoms with Crippen molar-refractivity contribution >= 4 is 43.4 Å². The van der Waals surface area contributed by atoms with E-state index in [-0.39, 0.29) is 42.1 Å². The van der Waals surface area contributed by atoms with Crippen LogP contribution in [0.15, 0.2) is 58.9 Å². The Morgan fingerprint density at radius 2 is 1.75 bits per heavy atom. The third kappa shape index (κ3) is 8.33. The topological polar surface area (TPSA) is 129 Å². The largest absolute Gasteiger partial charge is 0.390 e. The van der Waals surface area contributed by atoms with Gasteiger partial charge < -0.3 is 15.7 Å². The molecule has 3 aromatic rings. The Labute approximate surface area is 241 Å². The van der Waals surface area contributed by atoms with Crippen LogP contribution in [-0.2, 0) is 26.0 Å². The summed E-state index contributed by atoms with van der Waals surface area (Å²) in [5, 5.41) is 17.1. The van der Waals surface area contributed by atoms with Crippen LogP contribution in [0, 0.1) is 11.8 Å². The van der Waals surface area contributed by atoms with E-state index < -0.39 is 34.1 Å². The molecule has 2 amide bonds. The highest BCUT2D eigenvalue weighted by molar-refractivity contribution is 7.89. The van der Waals surface area contributed by atoms with Gasteiger partial charge in [-0.2, -0.15) is 4.31 Å². The number of hydrogen-bond donors (Lipinski definition) is 3. The molecule has 0 saturated carbocycles. The van der Waals surface area contributed by atoms with Crippen molar-refractivity contribution in [2.45, 2.75) is 70.5 Å². The van der Waals surface area contributed by atoms with Crippen molar-refractivity contribution in [3.05, 3.63) is 59.6 Å². The molecule has 0 saturated heterocycles. The number of sulfonamides is 1. The molecular weight excluding hydrogens is 548 g/mol. The summed E-state index contributed by atoms with van der Waals surface area (Å²) in [4.78, 5) is 29.4. The monoisotopic (exact) mass is 588 g/mol. The molecule has 1 aromatic heterocycles. The summed E-state index contributed by atoms with van der Waals surface area (Å²) in [6.07, 6.45) is -0.185. The highest BCUT2D eigenvalue weighted by Gasteiger charge is 2.33. The lowest BCUT2D eigenvalue weighted by Crippen LogP contribution is -2.56. The molecule has 0 aliphatic heterocycles. The van der Waals surface area contributed by atoms with Gasteiger partial charge in [0.2, 0.25) is 21.8 Å². The first-order valence-electron chi connectivity index (χ1n) is 13.5. The molecule has 9 nitrogen and oxygen atoms in total. The van der Waals surface area contributed by atoms with Crippen LogP contribution in [0.2, 0.25) is 0 Å². The van der Waals surface area contributed by atoms with Gasteiger partial charge in [0.25, 0.3) is 0 Å². The summed E-state index contributed by atoms with van der Waals surface area (Å²) in [6, 6.07) is 12.6. The molecule has 40 heavy (non-hydrogen) atoms. The molecule has 218 valence electrons. The summed E-state index contributed by atoms with van der Waals surface area (Å²) in [7, 11) is -3.97. The van der Waals surface area contributed by atoms with Gasteiger partial charge in [-0.1, -0.05) is 64.4 Å². The number of fused-ring (bicyclic) bond motifs is 1. The van der Waals surface area contributed by atoms with Crippen LogP contribution in [0.1, 0.15) is 46.6 Å². The van der Waals surface area contributed by atoms with E-state index in [4.69, 9.17) is 0 Å². The van der Waals surface area contributed by atoms with Crippen LogP contribution in [0.4, 0.5) is 0 Å². The molecule has 2 unspecified atom stereocenters. The van der Waals surface area contributed by atoms with E-state index in [0.717, 1.165) is 22.2 Å². The van der Waals surface area contributed by atoms with Gasteiger partial charge in [0.1, 0.15) is 6.04 Å². The quantitative estimate of drug-likeness (QED) is 0.264. The van der Waals surface area contributed by atoms with Gasteiger partial charge in [0.15, 0.2) is 0 Å². The molecule has 1 heterocycles. The molecule has 0 bridgehead atoms. The van der Waals surface area contributed by atoms with E-state index in [2.05, 4.69) is 15.6 Å². The minimum absolute atomic E-state index is 0.0429. The number of thiazole rings is 1. The van der Waals surface area contributed by atoms with E-state index in [1.54, 1.807) is 17.6 Å². The predicted octanol–water partition coefficient (Wildman–Crippen LogP) is 3.58. The zero-order valence-corrected chi connectivity index (χ0v) is 25.3. The van der Waals surface area contributed by atoms with Gasteiger partial charge in [-0.3, -0.25) is 9.59 Å². The zero-order chi connectivity index (χ0) is 29.4. The lowest BCUT2D eigenvalue weighted by molar-refractivity contribution is -0.130. The smallest absolute Gasteiger partial charge is 0.243 e. The maximum absolute atomic E-state index is 13.9. The second-order valence-corrected chi connectivity index (χ2v) is 13.4. The van der Waals surface area contributed by atoms with Crippen molar-refractivity contribution in [2.75, 3.05) is 13.1 Å². The first-order valence-corrected chi connectivity index (χ1v) is 15.9. The number of aliphatic hydroxyl groups excluding tert-OH is 1. The highest BCUT2D eigenvalue weighted by atomic mass is 32.2. The van der Waals surface area contributed by atoms with Crippen LogP contribution in [-0.4, -0.2) is 65.9 Å². The standard InChI is InChI=1S/C29H40N4O5S2/c1-6-20(4)16-33(40(37,38)23-12-13-24-27(15-23)39-18-30-24)17-26(35)25(14-22-10-8-7-9-11-22)32-29(36)28(19(2)3)31-21(5)34/h7-13,15,18-20,25-26,28,35H,6,14,16-17H2,1-5H3,(H,31,34)(H,32,36)/t20?,25-,26+,28?/m0/s1. The Hall–Kier alpha value is -2.86. The van der Waals surface area contributed by atoms with Crippen LogP contribution < -0.4 is 10.6 Å². The van der Waals surface area contributed by atoms with Crippen molar-refractivity contribution in [1.29, 1.82) is 0 Å². The van der Waals surface area contributed by atoms with Gasteiger partial charge in [0.05, 0.1) is 32.8 Å². The lowest BCUT2D eigenvalue weighted by Gasteiger charge is -2.32. The molecule has 0 spiro atoms. The Kier molecular flexibility index (Phi) is 11.2. The van der Waals surface area contributed by atoms with Gasteiger partial charge in [-0.05, 0) is 42.0 Å². The number of aliphatic hydroxyl groups is 1. The Balaban J connectivity index is 1.92. The fourth-order valence-electron chi connectivity index (χ4n) is 4.41. The van der Waals surface area contributed by atoms with E-state index in [1.807, 2.05) is 58.0 Å². The molecule has 0 aliphatic rings. The number of amides is 2. The molecule has 0 radical (unpaired) electrons. The van der Waals surface area contributed by atoms with E-state index >= 15 is 0 Å². The summed E-state index contributed by atoms with van der Waals surface area (Å²) < 4.78 is 29.8. The average Bonchev–Trinajstić information content (AvgIpc) is 3.39. The van der Waals surface area contributed by atoms with Gasteiger partial charge in [-0.25, -0.2) is 13.4 Å². The lowest BCUT2D eigenvalue weighted by atomic mass is 9.98. The SMILES string of the molecule is CCC(C)CN(C[C@@H](O)[C@H](Cc1ccccc1)NC(=O)C(NC(C)=O)C(C)C)S(=O)(=O)c1ccc2ncsc2c1. The first-order chi connectivity index (χ1) is 18.9. The number of rotatable bonds is 14. The Morgan fingerprint density at radius 3 is 2.38 bits per heavy atom. The number of hydrogen-bond acceptors (Lipinski definition) is 7. The molecule has 2 aromatic carbocycles. The second kappa shape index (κ2) is 14.2. The molecule has 11 heteroatoms. The number of nitrogens with one attached hydrogen (secondary N) is 2. The number of aromatic nitrogens is 1. The third-order valence-electron chi connectivity index (χ3n) is 6.94. The predicted molar refractivity (Wildman–Crippen MR) is 158 cm³/mol.